The monoisotopic (exact) mass is 149 g/mol. The molecule has 0 atom stereocenters. The predicted molar refractivity (Wildman–Crippen MR) is 45.5 cm³/mol. The third-order valence-corrected chi connectivity index (χ3v) is 1.07. The van der Waals surface area contributed by atoms with Gasteiger partial charge in [-0.2, -0.15) is 0 Å². The van der Waals surface area contributed by atoms with Crippen molar-refractivity contribution in [3.8, 4) is 0 Å². The van der Waals surface area contributed by atoms with Gasteiger partial charge in [0.2, 0.25) is 0 Å². The summed E-state index contributed by atoms with van der Waals surface area (Å²) in [6.07, 6.45) is 3.20. The van der Waals surface area contributed by atoms with Crippen molar-refractivity contribution in [3.05, 3.63) is 43.2 Å². The van der Waals surface area contributed by atoms with Crippen molar-refractivity contribution in [2.45, 2.75) is 6.92 Å². The molecule has 1 aromatic heterocycles. The number of ketones is 1. The molecule has 58 valence electrons. The zero-order chi connectivity index (χ0) is 8.69. The number of carbonyl (C=O) groups excluding carboxylic acids is 1. The zero-order valence-corrected chi connectivity index (χ0v) is 6.58. The third kappa shape index (κ3) is 3.30. The molecule has 0 spiro atoms. The Hall–Kier alpha value is -1.44. The fraction of sp³-hybridized carbons (Fsp3) is 0.111. The Morgan fingerprint density at radius 1 is 1.55 bits per heavy atom. The second-order valence-electron chi connectivity index (χ2n) is 1.80. The Morgan fingerprint density at radius 2 is 2.18 bits per heavy atom. The maximum Gasteiger partial charge on any atom is 0.161 e. The van der Waals surface area contributed by atoms with Crippen molar-refractivity contribution in [1.82, 2.24) is 4.98 Å². The van der Waals surface area contributed by atoms with Gasteiger partial charge in [-0.1, -0.05) is 0 Å². The number of Topliss-reactive ketones (excluding diaryl/α,β-unsaturated/α-hetero) is 1. The molecule has 0 unspecified atom stereocenters. The molecule has 0 fully saturated rings. The topological polar surface area (TPSA) is 30.0 Å². The second kappa shape index (κ2) is 5.35. The van der Waals surface area contributed by atoms with E-state index in [2.05, 4.69) is 18.1 Å². The lowest BCUT2D eigenvalue weighted by Gasteiger charge is -1.88. The maximum absolute atomic E-state index is 10.6. The molecule has 0 aromatic carbocycles. The lowest BCUT2D eigenvalue weighted by Crippen LogP contribution is -1.90. The van der Waals surface area contributed by atoms with Crippen molar-refractivity contribution in [2.75, 3.05) is 0 Å². The van der Waals surface area contributed by atoms with Crippen LogP contribution < -0.4 is 0 Å². The Labute approximate surface area is 66.6 Å². The van der Waals surface area contributed by atoms with Crippen LogP contribution in [-0.2, 0) is 0 Å². The Morgan fingerprint density at radius 3 is 2.45 bits per heavy atom. The molecule has 1 rings (SSSR count). The van der Waals surface area contributed by atoms with Crippen LogP contribution in [0.25, 0.3) is 0 Å². The van der Waals surface area contributed by atoms with Crippen LogP contribution in [0.1, 0.15) is 17.3 Å². The van der Waals surface area contributed by atoms with Crippen molar-refractivity contribution in [2.24, 2.45) is 0 Å². The summed E-state index contributed by atoms with van der Waals surface area (Å²) in [7, 11) is 0. The fourth-order valence-electron chi connectivity index (χ4n) is 0.571. The van der Waals surface area contributed by atoms with E-state index >= 15 is 0 Å². The summed E-state index contributed by atoms with van der Waals surface area (Å²) in [5.74, 6) is 0.0584. The van der Waals surface area contributed by atoms with Crippen molar-refractivity contribution >= 4 is 5.78 Å². The van der Waals surface area contributed by atoms with Crippen LogP contribution in [0.4, 0.5) is 0 Å². The molecule has 0 radical (unpaired) electrons. The van der Waals surface area contributed by atoms with Gasteiger partial charge in [0.05, 0.1) is 0 Å². The summed E-state index contributed by atoms with van der Waals surface area (Å²) in [4.78, 5) is 14.4. The molecule has 0 aliphatic carbocycles. The van der Waals surface area contributed by atoms with Crippen LogP contribution in [0.5, 0.6) is 0 Å². The molecular weight excluding hydrogens is 138 g/mol. The van der Waals surface area contributed by atoms with E-state index in [1.54, 1.807) is 24.5 Å². The number of carbonyl (C=O) groups is 1. The molecule has 2 nitrogen and oxygen atoms in total. The average molecular weight is 149 g/mol. The van der Waals surface area contributed by atoms with Gasteiger partial charge in [-0.15, -0.1) is 13.2 Å². The highest BCUT2D eigenvalue weighted by atomic mass is 16.1. The first-order valence-corrected chi connectivity index (χ1v) is 3.21. The first kappa shape index (κ1) is 9.56. The minimum absolute atomic E-state index is 0.0584. The average Bonchev–Trinajstić information content (AvgIpc) is 2.10. The van der Waals surface area contributed by atoms with Crippen LogP contribution >= 0.6 is 0 Å². The molecule has 11 heavy (non-hydrogen) atoms. The van der Waals surface area contributed by atoms with E-state index in [0.717, 1.165) is 0 Å². The van der Waals surface area contributed by atoms with E-state index in [-0.39, 0.29) is 5.78 Å². The Balaban J connectivity index is 0.000000461. The van der Waals surface area contributed by atoms with E-state index in [0.29, 0.717) is 5.56 Å². The highest BCUT2D eigenvalue weighted by Crippen LogP contribution is 1.94. The predicted octanol–water partition coefficient (Wildman–Crippen LogP) is 2.09. The Bertz CT molecular complexity index is 218. The van der Waals surface area contributed by atoms with Crippen LogP contribution in [0, 0.1) is 0 Å². The van der Waals surface area contributed by atoms with Crippen LogP contribution in [0.2, 0.25) is 0 Å². The standard InChI is InChI=1S/C7H7NO.C2H4/c1-6(9)7-3-2-4-8-5-7;1-2/h2-5H,1H3;1-2H2. The highest BCUT2D eigenvalue weighted by molar-refractivity contribution is 5.93. The van der Waals surface area contributed by atoms with Gasteiger partial charge in [-0.3, -0.25) is 9.78 Å². The summed E-state index contributed by atoms with van der Waals surface area (Å²) in [5, 5.41) is 0. The second-order valence-corrected chi connectivity index (χ2v) is 1.80. The van der Waals surface area contributed by atoms with Gasteiger partial charge in [0.1, 0.15) is 0 Å². The highest BCUT2D eigenvalue weighted by Gasteiger charge is 1.93. The number of pyridine rings is 1. The first-order chi connectivity index (χ1) is 5.30. The van der Waals surface area contributed by atoms with Gasteiger partial charge >= 0.3 is 0 Å². The van der Waals surface area contributed by atoms with Crippen molar-refractivity contribution in [1.29, 1.82) is 0 Å². The SMILES string of the molecule is C=C.CC(=O)c1cccnc1. The van der Waals surface area contributed by atoms with E-state index in [4.69, 9.17) is 0 Å². The molecule has 2 heteroatoms. The van der Waals surface area contributed by atoms with E-state index < -0.39 is 0 Å². The minimum Gasteiger partial charge on any atom is -0.294 e. The number of nitrogens with zero attached hydrogens (tertiary/aromatic N) is 1. The molecule has 0 bridgehead atoms. The first-order valence-electron chi connectivity index (χ1n) is 3.21. The van der Waals surface area contributed by atoms with Gasteiger partial charge in [0, 0.05) is 18.0 Å². The number of hydrogen-bond donors (Lipinski definition) is 0. The van der Waals surface area contributed by atoms with Crippen molar-refractivity contribution < 1.29 is 4.79 Å². The summed E-state index contributed by atoms with van der Waals surface area (Å²) in [5.41, 5.74) is 0.664. The van der Waals surface area contributed by atoms with Gasteiger partial charge in [-0.25, -0.2) is 0 Å². The van der Waals surface area contributed by atoms with Crippen LogP contribution in [-0.4, -0.2) is 10.8 Å². The normalized spacial score (nSPS) is 7.73. The van der Waals surface area contributed by atoms with Crippen LogP contribution in [0.3, 0.4) is 0 Å². The lowest BCUT2D eigenvalue weighted by molar-refractivity contribution is 0.101. The van der Waals surface area contributed by atoms with Gasteiger partial charge < -0.3 is 0 Å². The number of rotatable bonds is 1. The van der Waals surface area contributed by atoms with E-state index in [9.17, 15) is 4.79 Å². The van der Waals surface area contributed by atoms with E-state index in [1.165, 1.54) is 6.92 Å². The van der Waals surface area contributed by atoms with Gasteiger partial charge in [-0.05, 0) is 19.1 Å². The smallest absolute Gasteiger partial charge is 0.161 e. The lowest BCUT2D eigenvalue weighted by atomic mass is 10.2. The molecule has 0 saturated carbocycles. The summed E-state index contributed by atoms with van der Waals surface area (Å²) in [6, 6.07) is 3.49. The Kier molecular flexibility index (Phi) is 4.65. The molecule has 0 amide bonds. The third-order valence-electron chi connectivity index (χ3n) is 1.07. The molecule has 0 aliphatic rings. The minimum atomic E-state index is 0.0584. The summed E-state index contributed by atoms with van der Waals surface area (Å²) < 4.78 is 0. The van der Waals surface area contributed by atoms with Crippen molar-refractivity contribution in [3.63, 3.8) is 0 Å². The van der Waals surface area contributed by atoms with Gasteiger partial charge in [0.15, 0.2) is 5.78 Å². The van der Waals surface area contributed by atoms with Gasteiger partial charge in [0.25, 0.3) is 0 Å². The quantitative estimate of drug-likeness (QED) is 0.452. The molecule has 1 aromatic rings. The fourth-order valence-corrected chi connectivity index (χ4v) is 0.571. The molecule has 1 heterocycles. The molecular formula is C9H11NO. The number of aromatic nitrogens is 1. The molecule has 0 aliphatic heterocycles. The van der Waals surface area contributed by atoms with Crippen LogP contribution in [0.15, 0.2) is 37.7 Å². The largest absolute Gasteiger partial charge is 0.294 e. The summed E-state index contributed by atoms with van der Waals surface area (Å²) >= 11 is 0. The van der Waals surface area contributed by atoms with E-state index in [1.807, 2.05) is 0 Å². The zero-order valence-electron chi connectivity index (χ0n) is 6.58. The summed E-state index contributed by atoms with van der Waals surface area (Å²) in [6.45, 7) is 7.52. The maximum atomic E-state index is 10.6. The number of hydrogen-bond acceptors (Lipinski definition) is 2. The molecule has 0 saturated heterocycles. The molecule has 0 N–H and O–H groups in total.